The highest BCUT2D eigenvalue weighted by molar-refractivity contribution is 6.30. The topological polar surface area (TPSA) is 60.9 Å². The Morgan fingerprint density at radius 2 is 1.83 bits per heavy atom. The third-order valence-electron chi connectivity index (χ3n) is 3.52. The van der Waals surface area contributed by atoms with E-state index in [1.54, 1.807) is 0 Å². The summed E-state index contributed by atoms with van der Waals surface area (Å²) in [4.78, 5) is 26.8. The third-order valence-corrected chi connectivity index (χ3v) is 3.76. The molecule has 1 fully saturated rings. The Morgan fingerprint density at radius 3 is 2.52 bits per heavy atom. The van der Waals surface area contributed by atoms with Crippen LogP contribution in [0.1, 0.15) is 5.56 Å². The molecule has 0 spiro atoms. The first-order chi connectivity index (χ1) is 11.0. The van der Waals surface area contributed by atoms with Gasteiger partial charge in [-0.1, -0.05) is 11.6 Å². The molecule has 1 N–H and O–H groups in total. The van der Waals surface area contributed by atoms with Gasteiger partial charge in [-0.05, 0) is 42.5 Å². The number of amides is 3. The Morgan fingerprint density at radius 1 is 1.13 bits per heavy atom. The predicted octanol–water partition coefficient (Wildman–Crippen LogP) is 3.15. The zero-order valence-corrected chi connectivity index (χ0v) is 12.6. The number of hydrogen-bond donors (Lipinski definition) is 1. The molecule has 0 atom stereocenters. The van der Waals surface area contributed by atoms with E-state index >= 15 is 0 Å². The van der Waals surface area contributed by atoms with Gasteiger partial charge < -0.3 is 10.0 Å². The van der Waals surface area contributed by atoms with Crippen LogP contribution in [-0.2, 0) is 11.3 Å². The van der Waals surface area contributed by atoms with Crippen LogP contribution >= 0.6 is 11.6 Å². The number of nitrogens with zero attached hydrogens (tertiary/aromatic N) is 2. The molecule has 7 heteroatoms. The highest BCUT2D eigenvalue weighted by Crippen LogP contribution is 2.27. The zero-order chi connectivity index (χ0) is 16.6. The van der Waals surface area contributed by atoms with Crippen LogP contribution < -0.4 is 4.90 Å². The zero-order valence-electron chi connectivity index (χ0n) is 11.9. The minimum absolute atomic E-state index is 0.00474. The summed E-state index contributed by atoms with van der Waals surface area (Å²) in [6.07, 6.45) is 0. The number of anilines is 1. The van der Waals surface area contributed by atoms with E-state index in [-0.39, 0.29) is 18.8 Å². The number of imide groups is 1. The summed E-state index contributed by atoms with van der Waals surface area (Å²) in [6, 6.07) is 9.07. The van der Waals surface area contributed by atoms with Gasteiger partial charge in [0, 0.05) is 10.6 Å². The van der Waals surface area contributed by atoms with Crippen LogP contribution in [0.15, 0.2) is 42.5 Å². The average Bonchev–Trinajstić information content (AvgIpc) is 2.79. The molecule has 3 rings (SSSR count). The van der Waals surface area contributed by atoms with Crippen LogP contribution in [-0.4, -0.2) is 28.5 Å². The second kappa shape index (κ2) is 5.89. The van der Waals surface area contributed by atoms with E-state index < -0.39 is 17.8 Å². The van der Waals surface area contributed by atoms with Crippen molar-refractivity contribution >= 4 is 29.2 Å². The number of aromatic hydroxyl groups is 1. The van der Waals surface area contributed by atoms with Gasteiger partial charge in [-0.2, -0.15) is 0 Å². The smallest absolute Gasteiger partial charge is 0.332 e. The number of carbonyl (C=O) groups excluding carboxylic acids is 2. The second-order valence-corrected chi connectivity index (χ2v) is 5.55. The summed E-state index contributed by atoms with van der Waals surface area (Å²) in [7, 11) is 0. The van der Waals surface area contributed by atoms with E-state index in [1.165, 1.54) is 47.4 Å². The van der Waals surface area contributed by atoms with Crippen molar-refractivity contribution in [1.29, 1.82) is 0 Å². The molecule has 5 nitrogen and oxygen atoms in total. The first-order valence-electron chi connectivity index (χ1n) is 6.80. The van der Waals surface area contributed by atoms with Gasteiger partial charge in [0.25, 0.3) is 5.91 Å². The van der Waals surface area contributed by atoms with Crippen molar-refractivity contribution in [1.82, 2.24) is 4.90 Å². The summed E-state index contributed by atoms with van der Waals surface area (Å²) in [5, 5.41) is 10.2. The summed E-state index contributed by atoms with van der Waals surface area (Å²) in [5.74, 6) is -0.869. The standard InChI is InChI=1S/C16H12ClFN2O3/c17-11-1-6-14(21)10(7-11)8-19-9-15(22)20(16(19)23)13-4-2-12(18)3-5-13/h1-7,21H,8-9H2. The Balaban J connectivity index is 1.83. The molecule has 1 saturated heterocycles. The van der Waals surface area contributed by atoms with Crippen molar-refractivity contribution in [2.75, 3.05) is 11.4 Å². The first-order valence-corrected chi connectivity index (χ1v) is 7.18. The first kappa shape index (κ1) is 15.3. The van der Waals surface area contributed by atoms with E-state index in [4.69, 9.17) is 11.6 Å². The summed E-state index contributed by atoms with van der Waals surface area (Å²) in [5.41, 5.74) is 0.749. The van der Waals surface area contributed by atoms with Crippen molar-refractivity contribution in [2.45, 2.75) is 6.54 Å². The molecule has 0 bridgehead atoms. The highest BCUT2D eigenvalue weighted by Gasteiger charge is 2.37. The van der Waals surface area contributed by atoms with Gasteiger partial charge in [0.15, 0.2) is 0 Å². The number of phenolic OH excluding ortho intramolecular Hbond substituents is 1. The number of hydrogen-bond acceptors (Lipinski definition) is 3. The molecule has 1 aliphatic heterocycles. The fraction of sp³-hybridized carbons (Fsp3) is 0.125. The predicted molar refractivity (Wildman–Crippen MR) is 82.8 cm³/mol. The van der Waals surface area contributed by atoms with Gasteiger partial charge in [-0.3, -0.25) is 4.79 Å². The van der Waals surface area contributed by atoms with Gasteiger partial charge in [0.05, 0.1) is 12.2 Å². The van der Waals surface area contributed by atoms with E-state index in [2.05, 4.69) is 0 Å². The number of phenols is 1. The average molecular weight is 335 g/mol. The number of rotatable bonds is 3. The van der Waals surface area contributed by atoms with E-state index in [9.17, 15) is 19.1 Å². The lowest BCUT2D eigenvalue weighted by molar-refractivity contribution is -0.116. The van der Waals surface area contributed by atoms with Gasteiger partial charge in [-0.25, -0.2) is 14.1 Å². The Kier molecular flexibility index (Phi) is 3.92. The van der Waals surface area contributed by atoms with E-state index in [0.29, 0.717) is 16.3 Å². The maximum atomic E-state index is 13.0. The molecule has 0 unspecified atom stereocenters. The highest BCUT2D eigenvalue weighted by atomic mass is 35.5. The monoisotopic (exact) mass is 334 g/mol. The maximum Gasteiger partial charge on any atom is 0.332 e. The van der Waals surface area contributed by atoms with Crippen LogP contribution in [0.25, 0.3) is 0 Å². The Labute approximate surface area is 136 Å². The fourth-order valence-electron chi connectivity index (χ4n) is 2.40. The lowest BCUT2D eigenvalue weighted by atomic mass is 10.2. The van der Waals surface area contributed by atoms with Crippen molar-refractivity contribution in [3.63, 3.8) is 0 Å². The molecule has 118 valence electrons. The number of urea groups is 1. The van der Waals surface area contributed by atoms with Crippen molar-refractivity contribution in [2.24, 2.45) is 0 Å². The molecule has 2 aromatic carbocycles. The molecule has 1 aliphatic rings. The molecule has 0 aliphatic carbocycles. The van der Waals surface area contributed by atoms with Crippen LogP contribution in [0, 0.1) is 5.82 Å². The molecular formula is C16H12ClFN2O3. The summed E-state index contributed by atoms with van der Waals surface area (Å²) < 4.78 is 13.0. The second-order valence-electron chi connectivity index (χ2n) is 5.12. The molecule has 1 heterocycles. The van der Waals surface area contributed by atoms with Crippen molar-refractivity contribution < 1.29 is 19.1 Å². The molecular weight excluding hydrogens is 323 g/mol. The number of carbonyl (C=O) groups is 2. The van der Waals surface area contributed by atoms with Crippen LogP contribution in [0.3, 0.4) is 0 Å². The van der Waals surface area contributed by atoms with Gasteiger partial charge in [0.1, 0.15) is 18.1 Å². The van der Waals surface area contributed by atoms with E-state index in [1.807, 2.05) is 0 Å². The normalized spacial score (nSPS) is 14.7. The fourth-order valence-corrected chi connectivity index (χ4v) is 2.60. The quantitative estimate of drug-likeness (QED) is 0.877. The third kappa shape index (κ3) is 2.98. The Bertz CT molecular complexity index is 779. The maximum absolute atomic E-state index is 13.0. The lowest BCUT2D eigenvalue weighted by Gasteiger charge is -2.17. The lowest BCUT2D eigenvalue weighted by Crippen LogP contribution is -2.32. The minimum atomic E-state index is -0.527. The van der Waals surface area contributed by atoms with Crippen LogP contribution in [0.5, 0.6) is 5.75 Å². The number of halogens is 2. The van der Waals surface area contributed by atoms with Gasteiger partial charge >= 0.3 is 6.03 Å². The summed E-state index contributed by atoms with van der Waals surface area (Å²) >= 11 is 5.88. The minimum Gasteiger partial charge on any atom is -0.508 e. The van der Waals surface area contributed by atoms with Gasteiger partial charge in [0.2, 0.25) is 0 Å². The molecule has 0 radical (unpaired) electrons. The Hall–Kier alpha value is -2.60. The van der Waals surface area contributed by atoms with Crippen LogP contribution in [0.2, 0.25) is 5.02 Å². The largest absolute Gasteiger partial charge is 0.508 e. The summed E-state index contributed by atoms with van der Waals surface area (Å²) in [6.45, 7) is -0.0726. The van der Waals surface area contributed by atoms with E-state index in [0.717, 1.165) is 4.90 Å². The molecule has 3 amide bonds. The number of benzene rings is 2. The molecule has 0 saturated carbocycles. The molecule has 2 aromatic rings. The molecule has 23 heavy (non-hydrogen) atoms. The van der Waals surface area contributed by atoms with Gasteiger partial charge in [-0.15, -0.1) is 0 Å². The SMILES string of the molecule is O=C1CN(Cc2cc(Cl)ccc2O)C(=O)N1c1ccc(F)cc1. The molecule has 0 aromatic heterocycles. The van der Waals surface area contributed by atoms with Crippen molar-refractivity contribution in [3.8, 4) is 5.75 Å². The van der Waals surface area contributed by atoms with Crippen LogP contribution in [0.4, 0.5) is 14.9 Å². The van der Waals surface area contributed by atoms with Crippen molar-refractivity contribution in [3.05, 3.63) is 58.9 Å².